The molecule has 0 radical (unpaired) electrons. The number of carboxylic acids is 2. The largest absolute Gasteiger partial charge is 0.479 e. The third kappa shape index (κ3) is 2.38. The molecule has 0 saturated heterocycles. The maximum Gasteiger partial charge on any atom is 0.334 e. The average Bonchev–Trinajstić information content (AvgIpc) is 2.15. The van der Waals surface area contributed by atoms with Crippen LogP contribution in [0.4, 0.5) is 0 Å². The van der Waals surface area contributed by atoms with Gasteiger partial charge in [-0.25, -0.2) is 9.59 Å². The molecule has 0 aliphatic carbocycles. The van der Waals surface area contributed by atoms with Crippen molar-refractivity contribution in [3.8, 4) is 0 Å². The first-order valence-corrected chi connectivity index (χ1v) is 4.32. The fourth-order valence-corrected chi connectivity index (χ4v) is 1.40. The topological polar surface area (TPSA) is 121 Å². The summed E-state index contributed by atoms with van der Waals surface area (Å²) >= 11 is 0. The average molecular weight is 226 g/mol. The fourth-order valence-electron chi connectivity index (χ4n) is 1.40. The second-order valence-electron chi connectivity index (χ2n) is 3.15. The number of rotatable bonds is 4. The maximum atomic E-state index is 10.9. The minimum absolute atomic E-state index is 0.309. The summed E-state index contributed by atoms with van der Waals surface area (Å²) in [5, 5.41) is 17.7. The maximum absolute atomic E-state index is 10.9. The molecule has 1 atom stereocenters. The summed E-state index contributed by atoms with van der Waals surface area (Å²) in [7, 11) is 0. The van der Waals surface area contributed by atoms with Crippen molar-refractivity contribution in [3.05, 3.63) is 23.9 Å². The van der Waals surface area contributed by atoms with Gasteiger partial charge in [0.25, 0.3) is 0 Å². The molecule has 16 heavy (non-hydrogen) atoms. The van der Waals surface area contributed by atoms with Gasteiger partial charge in [0.2, 0.25) is 5.91 Å². The van der Waals surface area contributed by atoms with Gasteiger partial charge in [0, 0.05) is 6.20 Å². The third-order valence-corrected chi connectivity index (χ3v) is 2.00. The predicted molar refractivity (Wildman–Crippen MR) is 52.2 cm³/mol. The van der Waals surface area contributed by atoms with Crippen LogP contribution >= 0.6 is 0 Å². The van der Waals surface area contributed by atoms with E-state index in [9.17, 15) is 14.4 Å². The second kappa shape index (κ2) is 4.47. The van der Waals surface area contributed by atoms with Crippen molar-refractivity contribution in [1.82, 2.24) is 4.90 Å². The number of carboxylic acid groups (broad SMARTS) is 2. The minimum Gasteiger partial charge on any atom is -0.479 e. The number of hydrogen-bond acceptors (Lipinski definition) is 4. The smallest absolute Gasteiger partial charge is 0.334 e. The molecule has 0 saturated carbocycles. The second-order valence-corrected chi connectivity index (χ2v) is 3.15. The molecule has 1 unspecified atom stereocenters. The summed E-state index contributed by atoms with van der Waals surface area (Å²) in [6.07, 6.45) is 3.85. The van der Waals surface area contributed by atoms with E-state index in [2.05, 4.69) is 0 Å². The molecule has 1 rings (SSSR count). The van der Waals surface area contributed by atoms with Gasteiger partial charge >= 0.3 is 11.9 Å². The highest BCUT2D eigenvalue weighted by molar-refractivity contribution is 5.97. The predicted octanol–water partition coefficient (Wildman–Crippen LogP) is -1.23. The van der Waals surface area contributed by atoms with Crippen LogP contribution in [0.1, 0.15) is 0 Å². The summed E-state index contributed by atoms with van der Waals surface area (Å²) < 4.78 is 0. The van der Waals surface area contributed by atoms with E-state index in [0.717, 1.165) is 4.90 Å². The van der Waals surface area contributed by atoms with Crippen LogP contribution < -0.4 is 5.73 Å². The first-order valence-electron chi connectivity index (χ1n) is 4.32. The van der Waals surface area contributed by atoms with E-state index >= 15 is 0 Å². The first-order chi connectivity index (χ1) is 7.43. The fraction of sp³-hybridized carbons (Fsp3) is 0.222. The zero-order chi connectivity index (χ0) is 12.3. The van der Waals surface area contributed by atoms with Crippen molar-refractivity contribution >= 4 is 17.8 Å². The van der Waals surface area contributed by atoms with Gasteiger partial charge < -0.3 is 20.8 Å². The minimum atomic E-state index is -1.39. The van der Waals surface area contributed by atoms with Gasteiger partial charge in [0.05, 0.1) is 12.1 Å². The van der Waals surface area contributed by atoms with E-state index in [-0.39, 0.29) is 12.1 Å². The van der Waals surface area contributed by atoms with Crippen LogP contribution in [0.2, 0.25) is 0 Å². The van der Waals surface area contributed by atoms with Gasteiger partial charge in [-0.15, -0.1) is 0 Å². The third-order valence-electron chi connectivity index (χ3n) is 2.00. The molecule has 1 heterocycles. The molecule has 1 aliphatic rings. The van der Waals surface area contributed by atoms with Crippen LogP contribution in [0.3, 0.4) is 0 Å². The number of hydrogen-bond donors (Lipinski definition) is 3. The number of amides is 1. The van der Waals surface area contributed by atoms with Gasteiger partial charge in [-0.05, 0) is 12.2 Å². The quantitative estimate of drug-likeness (QED) is 0.551. The van der Waals surface area contributed by atoms with Crippen molar-refractivity contribution in [2.45, 2.75) is 6.04 Å². The molecule has 1 amide bonds. The van der Waals surface area contributed by atoms with Crippen molar-refractivity contribution in [2.24, 2.45) is 5.73 Å². The lowest BCUT2D eigenvalue weighted by Gasteiger charge is -2.28. The molecule has 1 aliphatic heterocycles. The van der Waals surface area contributed by atoms with E-state index in [0.29, 0.717) is 0 Å². The SMILES string of the molecule is NC(=O)CN1C=CC=C(C(=O)O)C1C(=O)O. The van der Waals surface area contributed by atoms with Crippen LogP contribution in [-0.2, 0) is 14.4 Å². The monoisotopic (exact) mass is 226 g/mol. The highest BCUT2D eigenvalue weighted by Crippen LogP contribution is 2.16. The van der Waals surface area contributed by atoms with Crippen molar-refractivity contribution in [1.29, 1.82) is 0 Å². The summed E-state index contributed by atoms with van der Waals surface area (Å²) in [5.74, 6) is -3.42. The molecule has 0 bridgehead atoms. The van der Waals surface area contributed by atoms with Gasteiger partial charge in [-0.1, -0.05) is 0 Å². The van der Waals surface area contributed by atoms with E-state index in [1.807, 2.05) is 0 Å². The Bertz CT molecular complexity index is 399. The lowest BCUT2D eigenvalue weighted by Crippen LogP contribution is -2.46. The van der Waals surface area contributed by atoms with E-state index in [1.165, 1.54) is 18.4 Å². The zero-order valence-electron chi connectivity index (χ0n) is 8.16. The molecule has 0 fully saturated rings. The number of allylic oxidation sites excluding steroid dienone is 2. The summed E-state index contributed by atoms with van der Waals surface area (Å²) in [6, 6.07) is -1.39. The molecule has 0 aromatic rings. The molecule has 4 N–H and O–H groups in total. The highest BCUT2D eigenvalue weighted by atomic mass is 16.4. The zero-order valence-corrected chi connectivity index (χ0v) is 8.16. The molecule has 0 spiro atoms. The molecule has 86 valence electrons. The van der Waals surface area contributed by atoms with E-state index in [1.54, 1.807) is 0 Å². The van der Waals surface area contributed by atoms with Gasteiger partial charge in [0.15, 0.2) is 6.04 Å². The van der Waals surface area contributed by atoms with Crippen molar-refractivity contribution in [2.75, 3.05) is 6.54 Å². The Kier molecular flexibility index (Phi) is 3.29. The Morgan fingerprint density at radius 2 is 2.00 bits per heavy atom. The standard InChI is InChI=1S/C9H10N2O5/c10-6(12)4-11-3-1-2-5(8(13)14)7(11)9(15)16/h1-3,7H,4H2,(H2,10,12)(H,13,14)(H,15,16). The van der Waals surface area contributed by atoms with Crippen LogP contribution in [-0.4, -0.2) is 45.5 Å². The molecule has 7 heteroatoms. The number of primary amides is 1. The van der Waals surface area contributed by atoms with Gasteiger partial charge in [-0.2, -0.15) is 0 Å². The van der Waals surface area contributed by atoms with Crippen LogP contribution in [0.25, 0.3) is 0 Å². The number of nitrogens with zero attached hydrogens (tertiary/aromatic N) is 1. The molecule has 7 nitrogen and oxygen atoms in total. The summed E-state index contributed by atoms with van der Waals surface area (Å²) in [5.41, 5.74) is 4.62. The molecular weight excluding hydrogens is 216 g/mol. The molecule has 0 aromatic carbocycles. The number of nitrogens with two attached hydrogens (primary N) is 1. The Balaban J connectivity index is 3.01. The molecular formula is C9H10N2O5. The summed E-state index contributed by atoms with van der Waals surface area (Å²) in [4.78, 5) is 33.5. The summed E-state index contributed by atoms with van der Waals surface area (Å²) in [6.45, 7) is -0.349. The lowest BCUT2D eigenvalue weighted by molar-refractivity contribution is -0.144. The Hall–Kier alpha value is -2.31. The van der Waals surface area contributed by atoms with Crippen LogP contribution in [0, 0.1) is 0 Å². The van der Waals surface area contributed by atoms with Crippen LogP contribution in [0.5, 0.6) is 0 Å². The Labute approximate surface area is 90.4 Å². The Morgan fingerprint density at radius 3 is 2.44 bits per heavy atom. The van der Waals surface area contributed by atoms with E-state index < -0.39 is 23.9 Å². The van der Waals surface area contributed by atoms with Gasteiger partial charge in [0.1, 0.15) is 0 Å². The van der Waals surface area contributed by atoms with Crippen molar-refractivity contribution in [3.63, 3.8) is 0 Å². The normalized spacial score (nSPS) is 19.1. The molecule has 0 aromatic heterocycles. The number of aliphatic carboxylic acids is 2. The van der Waals surface area contributed by atoms with Crippen LogP contribution in [0.15, 0.2) is 23.9 Å². The Morgan fingerprint density at radius 1 is 1.38 bits per heavy atom. The van der Waals surface area contributed by atoms with Gasteiger partial charge in [-0.3, -0.25) is 4.79 Å². The number of carbonyl (C=O) groups is 3. The highest BCUT2D eigenvalue weighted by Gasteiger charge is 2.33. The lowest BCUT2D eigenvalue weighted by atomic mass is 10.0. The van der Waals surface area contributed by atoms with E-state index in [4.69, 9.17) is 15.9 Å². The van der Waals surface area contributed by atoms with Crippen molar-refractivity contribution < 1.29 is 24.6 Å². The first kappa shape index (κ1) is 11.8. The number of carbonyl (C=O) groups excluding carboxylic acids is 1.